The van der Waals surface area contributed by atoms with Gasteiger partial charge in [-0.05, 0) is 24.8 Å². The number of nitrogens with zero attached hydrogens (tertiary/aromatic N) is 1. The Hall–Kier alpha value is -0.840. The molecule has 0 fully saturated rings. The maximum absolute atomic E-state index is 5.89. The van der Waals surface area contributed by atoms with Crippen molar-refractivity contribution in [1.29, 1.82) is 0 Å². The zero-order valence-electron chi connectivity index (χ0n) is 9.70. The van der Waals surface area contributed by atoms with Crippen LogP contribution < -0.4 is 17.0 Å². The molecule has 0 saturated carbocycles. The lowest BCUT2D eigenvalue weighted by molar-refractivity contribution is 0.448. The molecule has 1 heterocycles. The first kappa shape index (κ1) is 13.2. The summed E-state index contributed by atoms with van der Waals surface area (Å²) in [5, 5.41) is 0.578. The fourth-order valence-corrected chi connectivity index (χ4v) is 1.74. The second-order valence-electron chi connectivity index (χ2n) is 4.32. The molecule has 1 atom stereocenters. The summed E-state index contributed by atoms with van der Waals surface area (Å²) < 4.78 is 0. The van der Waals surface area contributed by atoms with E-state index in [4.69, 9.17) is 23.2 Å². The number of hydrogen-bond acceptors (Lipinski definition) is 4. The maximum atomic E-state index is 5.89. The van der Waals surface area contributed by atoms with Gasteiger partial charge in [0, 0.05) is 17.8 Å². The first-order valence-corrected chi connectivity index (χ1v) is 5.79. The van der Waals surface area contributed by atoms with Crippen LogP contribution in [0.5, 0.6) is 0 Å². The lowest BCUT2D eigenvalue weighted by Crippen LogP contribution is -2.29. The molecule has 1 unspecified atom stereocenters. The zero-order chi connectivity index (χ0) is 12.1. The van der Waals surface area contributed by atoms with Crippen LogP contribution in [0.15, 0.2) is 12.3 Å². The summed E-state index contributed by atoms with van der Waals surface area (Å²) in [6.07, 6.45) is 3.53. The summed E-state index contributed by atoms with van der Waals surface area (Å²) in [4.78, 5) is 4.02. The summed E-state index contributed by atoms with van der Waals surface area (Å²) in [5.41, 5.74) is 9.44. The predicted molar refractivity (Wildman–Crippen MR) is 67.8 cm³/mol. The number of halogens is 1. The molecule has 5 N–H and O–H groups in total. The van der Waals surface area contributed by atoms with Gasteiger partial charge in [-0.1, -0.05) is 25.4 Å². The monoisotopic (exact) mass is 242 g/mol. The number of anilines is 1. The van der Waals surface area contributed by atoms with E-state index in [9.17, 15) is 0 Å². The van der Waals surface area contributed by atoms with Gasteiger partial charge in [-0.2, -0.15) is 0 Å². The van der Waals surface area contributed by atoms with Crippen molar-refractivity contribution >= 4 is 17.4 Å². The largest absolute Gasteiger partial charge is 0.383 e. The van der Waals surface area contributed by atoms with Crippen LogP contribution in [0.25, 0.3) is 0 Å². The van der Waals surface area contributed by atoms with Crippen LogP contribution in [-0.4, -0.2) is 4.98 Å². The van der Waals surface area contributed by atoms with Gasteiger partial charge in [-0.3, -0.25) is 11.3 Å². The highest BCUT2D eigenvalue weighted by molar-refractivity contribution is 6.30. The van der Waals surface area contributed by atoms with E-state index in [0.717, 1.165) is 18.4 Å². The van der Waals surface area contributed by atoms with Crippen molar-refractivity contribution in [1.82, 2.24) is 10.4 Å². The minimum Gasteiger partial charge on any atom is -0.383 e. The molecule has 0 aliphatic rings. The van der Waals surface area contributed by atoms with Gasteiger partial charge in [0.05, 0.1) is 5.02 Å². The minimum atomic E-state index is 0.00796. The number of rotatable bonds is 5. The molecule has 0 bridgehead atoms. The number of hydrazine groups is 1. The molecule has 0 saturated heterocycles. The van der Waals surface area contributed by atoms with E-state index in [-0.39, 0.29) is 6.04 Å². The molecule has 0 aliphatic heterocycles. The number of hydrogen-bond donors (Lipinski definition) is 3. The number of nitrogen functional groups attached to an aromatic ring is 1. The van der Waals surface area contributed by atoms with Crippen molar-refractivity contribution in [2.24, 2.45) is 11.8 Å². The van der Waals surface area contributed by atoms with Crippen LogP contribution in [0.1, 0.15) is 38.3 Å². The van der Waals surface area contributed by atoms with Crippen molar-refractivity contribution in [3.05, 3.63) is 22.8 Å². The summed E-state index contributed by atoms with van der Waals surface area (Å²) in [7, 11) is 0. The third-order valence-electron chi connectivity index (χ3n) is 2.53. The fraction of sp³-hybridized carbons (Fsp3) is 0.545. The number of nitrogens with two attached hydrogens (primary N) is 2. The normalized spacial score (nSPS) is 13.1. The van der Waals surface area contributed by atoms with Gasteiger partial charge in [-0.15, -0.1) is 0 Å². The van der Waals surface area contributed by atoms with Gasteiger partial charge in [-0.25, -0.2) is 4.98 Å². The molecule has 1 aromatic rings. The minimum absolute atomic E-state index is 0.00796. The molecule has 90 valence electrons. The molecule has 0 aliphatic carbocycles. The molecule has 0 spiro atoms. The van der Waals surface area contributed by atoms with Gasteiger partial charge in [0.1, 0.15) is 5.82 Å². The zero-order valence-corrected chi connectivity index (χ0v) is 10.5. The topological polar surface area (TPSA) is 77.0 Å². The Morgan fingerprint density at radius 2 is 2.12 bits per heavy atom. The molecule has 16 heavy (non-hydrogen) atoms. The van der Waals surface area contributed by atoms with Crippen molar-refractivity contribution in [2.75, 3.05) is 5.73 Å². The Kier molecular flexibility index (Phi) is 4.99. The van der Waals surface area contributed by atoms with Gasteiger partial charge < -0.3 is 5.73 Å². The van der Waals surface area contributed by atoms with E-state index in [2.05, 4.69) is 24.3 Å². The van der Waals surface area contributed by atoms with Gasteiger partial charge in [0.2, 0.25) is 0 Å². The Labute approximate surface area is 101 Å². The molecular weight excluding hydrogens is 224 g/mol. The Morgan fingerprint density at radius 3 is 2.69 bits per heavy atom. The van der Waals surface area contributed by atoms with E-state index >= 15 is 0 Å². The quantitative estimate of drug-likeness (QED) is 0.547. The van der Waals surface area contributed by atoms with Crippen LogP contribution in [0.2, 0.25) is 5.02 Å². The summed E-state index contributed by atoms with van der Waals surface area (Å²) in [6, 6.07) is 1.82. The molecule has 0 radical (unpaired) electrons. The van der Waals surface area contributed by atoms with E-state index in [1.165, 1.54) is 6.20 Å². The second kappa shape index (κ2) is 6.03. The highest BCUT2D eigenvalue weighted by Gasteiger charge is 2.14. The number of pyridine rings is 1. The highest BCUT2D eigenvalue weighted by atomic mass is 35.5. The maximum Gasteiger partial charge on any atom is 0.128 e. The molecule has 0 aromatic carbocycles. The summed E-state index contributed by atoms with van der Waals surface area (Å²) in [5.74, 6) is 6.64. The number of nitrogens with one attached hydrogen (secondary N) is 1. The van der Waals surface area contributed by atoms with Crippen molar-refractivity contribution in [3.63, 3.8) is 0 Å². The van der Waals surface area contributed by atoms with E-state index in [1.807, 2.05) is 6.07 Å². The van der Waals surface area contributed by atoms with E-state index in [0.29, 0.717) is 16.8 Å². The Balaban J connectivity index is 2.81. The lowest BCUT2D eigenvalue weighted by atomic mass is 9.98. The Bertz CT molecular complexity index is 341. The van der Waals surface area contributed by atoms with E-state index < -0.39 is 0 Å². The standard InChI is InChI=1S/C11H19ClN4/c1-7(2)3-4-10(16-14)9-5-8(12)6-15-11(9)13/h5-7,10,16H,3-4,14H2,1-2H3,(H2,13,15). The molecule has 5 heteroatoms. The van der Waals surface area contributed by atoms with Crippen LogP contribution in [0.4, 0.5) is 5.82 Å². The van der Waals surface area contributed by atoms with Crippen molar-refractivity contribution in [3.8, 4) is 0 Å². The van der Waals surface area contributed by atoms with Crippen molar-refractivity contribution in [2.45, 2.75) is 32.7 Å². The van der Waals surface area contributed by atoms with E-state index in [1.54, 1.807) is 0 Å². The third-order valence-corrected chi connectivity index (χ3v) is 2.73. The first-order chi connectivity index (χ1) is 7.54. The summed E-state index contributed by atoms with van der Waals surface area (Å²) in [6.45, 7) is 4.35. The molecular formula is C11H19ClN4. The average molecular weight is 243 g/mol. The molecule has 4 nitrogen and oxygen atoms in total. The lowest BCUT2D eigenvalue weighted by Gasteiger charge is -2.18. The van der Waals surface area contributed by atoms with Crippen LogP contribution >= 0.6 is 11.6 Å². The van der Waals surface area contributed by atoms with Crippen molar-refractivity contribution < 1.29 is 0 Å². The fourth-order valence-electron chi connectivity index (χ4n) is 1.57. The number of aromatic nitrogens is 1. The molecule has 1 rings (SSSR count). The average Bonchev–Trinajstić information content (AvgIpc) is 2.23. The van der Waals surface area contributed by atoms with Crippen LogP contribution in [0.3, 0.4) is 0 Å². The predicted octanol–water partition coefficient (Wildman–Crippen LogP) is 2.26. The van der Waals surface area contributed by atoms with Gasteiger partial charge in [0.15, 0.2) is 0 Å². The van der Waals surface area contributed by atoms with Crippen LogP contribution in [0, 0.1) is 5.92 Å². The Morgan fingerprint density at radius 1 is 1.44 bits per heavy atom. The van der Waals surface area contributed by atoms with Gasteiger partial charge >= 0.3 is 0 Å². The van der Waals surface area contributed by atoms with Crippen LogP contribution in [-0.2, 0) is 0 Å². The second-order valence-corrected chi connectivity index (χ2v) is 4.75. The SMILES string of the molecule is CC(C)CCC(NN)c1cc(Cl)cnc1N. The summed E-state index contributed by atoms with van der Waals surface area (Å²) >= 11 is 5.89. The molecule has 0 amide bonds. The molecule has 1 aromatic heterocycles. The smallest absolute Gasteiger partial charge is 0.128 e. The highest BCUT2D eigenvalue weighted by Crippen LogP contribution is 2.26. The first-order valence-electron chi connectivity index (χ1n) is 5.41. The van der Waals surface area contributed by atoms with Gasteiger partial charge in [0.25, 0.3) is 0 Å². The third kappa shape index (κ3) is 3.63.